The third-order valence-corrected chi connectivity index (χ3v) is 5.87. The summed E-state index contributed by atoms with van der Waals surface area (Å²) in [5, 5.41) is 16.9. The molecule has 0 aliphatic rings. The van der Waals surface area contributed by atoms with E-state index in [0.29, 0.717) is 11.6 Å². The second-order valence-corrected chi connectivity index (χ2v) is 7.78. The summed E-state index contributed by atoms with van der Waals surface area (Å²) in [6.45, 7) is 0. The van der Waals surface area contributed by atoms with Gasteiger partial charge in [0.2, 0.25) is 5.91 Å². The number of thiazole rings is 1. The third-order valence-electron chi connectivity index (χ3n) is 4.16. The molecule has 6 nitrogen and oxygen atoms in total. The fourth-order valence-electron chi connectivity index (χ4n) is 2.81. The summed E-state index contributed by atoms with van der Waals surface area (Å²) < 4.78 is 1.95. The van der Waals surface area contributed by atoms with E-state index >= 15 is 0 Å². The van der Waals surface area contributed by atoms with Gasteiger partial charge in [-0.05, 0) is 16.3 Å². The summed E-state index contributed by atoms with van der Waals surface area (Å²) in [7, 11) is 1.93. The van der Waals surface area contributed by atoms with Crippen LogP contribution in [0.5, 0.6) is 0 Å². The van der Waals surface area contributed by atoms with Gasteiger partial charge in [-0.15, -0.1) is 21.5 Å². The molecule has 1 amide bonds. The smallest absolute Gasteiger partial charge is 0.236 e. The van der Waals surface area contributed by atoms with Gasteiger partial charge in [0.25, 0.3) is 0 Å². The Hall–Kier alpha value is -2.71. The quantitative estimate of drug-likeness (QED) is 0.504. The van der Waals surface area contributed by atoms with Crippen molar-refractivity contribution >= 4 is 44.9 Å². The number of hydrogen-bond acceptors (Lipinski definition) is 6. The van der Waals surface area contributed by atoms with Gasteiger partial charge in [-0.2, -0.15) is 0 Å². The van der Waals surface area contributed by atoms with Gasteiger partial charge in [0, 0.05) is 25.0 Å². The molecule has 1 N–H and O–H groups in total. The molecule has 0 atom stereocenters. The van der Waals surface area contributed by atoms with Crippen LogP contribution in [0.15, 0.2) is 59.2 Å². The van der Waals surface area contributed by atoms with E-state index in [1.165, 1.54) is 39.4 Å². The van der Waals surface area contributed by atoms with Gasteiger partial charge in [0.1, 0.15) is 5.82 Å². The van der Waals surface area contributed by atoms with Crippen LogP contribution in [0.4, 0.5) is 5.13 Å². The fraction of sp³-hybridized carbons (Fsp3) is 0.158. The highest BCUT2D eigenvalue weighted by Gasteiger charge is 2.13. The van der Waals surface area contributed by atoms with Crippen LogP contribution >= 0.6 is 23.1 Å². The number of nitrogens with zero attached hydrogens (tertiary/aromatic N) is 4. The van der Waals surface area contributed by atoms with Crippen LogP contribution in [-0.4, -0.2) is 31.4 Å². The summed E-state index contributed by atoms with van der Waals surface area (Å²) in [6.07, 6.45) is 2.35. The highest BCUT2D eigenvalue weighted by molar-refractivity contribution is 7.99. The average Bonchev–Trinajstić information content (AvgIpc) is 3.31. The Labute approximate surface area is 164 Å². The average molecular weight is 396 g/mol. The second-order valence-electron chi connectivity index (χ2n) is 5.95. The molecule has 0 aliphatic heterocycles. The zero-order valence-corrected chi connectivity index (χ0v) is 16.3. The van der Waals surface area contributed by atoms with Crippen LogP contribution in [-0.2, 0) is 18.3 Å². The highest BCUT2D eigenvalue weighted by atomic mass is 32.2. The first kappa shape index (κ1) is 17.7. The van der Waals surface area contributed by atoms with Gasteiger partial charge in [-0.3, -0.25) is 4.79 Å². The van der Waals surface area contributed by atoms with Crippen molar-refractivity contribution in [3.63, 3.8) is 0 Å². The summed E-state index contributed by atoms with van der Waals surface area (Å²) in [6, 6.07) is 14.6. The van der Waals surface area contributed by atoms with Crippen molar-refractivity contribution in [2.24, 2.45) is 7.05 Å². The van der Waals surface area contributed by atoms with Crippen molar-refractivity contribution in [2.75, 3.05) is 11.1 Å². The Morgan fingerprint density at radius 1 is 1.19 bits per heavy atom. The molecule has 0 aliphatic carbocycles. The molecule has 2 aromatic carbocycles. The number of thioether (sulfide) groups is 1. The van der Waals surface area contributed by atoms with Crippen molar-refractivity contribution in [3.8, 4) is 0 Å². The number of aromatic nitrogens is 4. The Morgan fingerprint density at radius 3 is 2.89 bits per heavy atom. The maximum absolute atomic E-state index is 12.0. The SMILES string of the molecule is Cn1c(Cc2cccc3ccccc23)nnc1SCC(=O)Nc1nccs1. The number of carbonyl (C=O) groups excluding carboxylic acids is 1. The van der Waals surface area contributed by atoms with Gasteiger partial charge in [-0.25, -0.2) is 4.98 Å². The minimum Gasteiger partial charge on any atom is -0.309 e. The van der Waals surface area contributed by atoms with E-state index < -0.39 is 0 Å². The molecule has 2 aromatic heterocycles. The van der Waals surface area contributed by atoms with Crippen LogP contribution < -0.4 is 5.32 Å². The number of nitrogens with one attached hydrogen (secondary N) is 1. The molecule has 0 fully saturated rings. The van der Waals surface area contributed by atoms with Gasteiger partial charge < -0.3 is 9.88 Å². The normalized spacial score (nSPS) is 11.0. The molecule has 2 heterocycles. The molecule has 4 aromatic rings. The third kappa shape index (κ3) is 4.01. The zero-order valence-electron chi connectivity index (χ0n) is 14.6. The van der Waals surface area contributed by atoms with E-state index in [2.05, 4.69) is 50.8 Å². The Morgan fingerprint density at radius 2 is 2.04 bits per heavy atom. The van der Waals surface area contributed by atoms with Crippen LogP contribution in [0.25, 0.3) is 10.8 Å². The molecule has 0 saturated heterocycles. The number of rotatable bonds is 6. The molecule has 8 heteroatoms. The monoisotopic (exact) mass is 395 g/mol. The molecular formula is C19H17N5OS2. The van der Waals surface area contributed by atoms with E-state index in [-0.39, 0.29) is 11.7 Å². The minimum absolute atomic E-state index is 0.103. The lowest BCUT2D eigenvalue weighted by molar-refractivity contribution is -0.113. The molecule has 0 bridgehead atoms. The first-order chi connectivity index (χ1) is 13.2. The van der Waals surface area contributed by atoms with Gasteiger partial charge in [-0.1, -0.05) is 54.2 Å². The second kappa shape index (κ2) is 7.89. The van der Waals surface area contributed by atoms with Crippen molar-refractivity contribution in [1.82, 2.24) is 19.7 Å². The molecule has 4 rings (SSSR count). The van der Waals surface area contributed by atoms with Crippen LogP contribution in [0.3, 0.4) is 0 Å². The predicted octanol–water partition coefficient (Wildman–Crippen LogP) is 3.75. The van der Waals surface area contributed by atoms with Gasteiger partial charge in [0.15, 0.2) is 10.3 Å². The number of carbonyl (C=O) groups is 1. The molecule has 0 unspecified atom stereocenters. The van der Waals surface area contributed by atoms with Crippen LogP contribution in [0, 0.1) is 0 Å². The summed E-state index contributed by atoms with van der Waals surface area (Å²) in [5.74, 6) is 1.03. The molecule has 0 saturated carbocycles. The van der Waals surface area contributed by atoms with E-state index in [1.54, 1.807) is 6.20 Å². The van der Waals surface area contributed by atoms with E-state index in [4.69, 9.17) is 0 Å². The predicted molar refractivity (Wildman–Crippen MR) is 109 cm³/mol. The zero-order chi connectivity index (χ0) is 18.6. The molecule has 0 spiro atoms. The number of benzene rings is 2. The van der Waals surface area contributed by atoms with Crippen molar-refractivity contribution in [2.45, 2.75) is 11.6 Å². The first-order valence-electron chi connectivity index (χ1n) is 8.38. The lowest BCUT2D eigenvalue weighted by Crippen LogP contribution is -2.14. The van der Waals surface area contributed by atoms with E-state index in [0.717, 1.165) is 11.0 Å². The van der Waals surface area contributed by atoms with E-state index in [1.807, 2.05) is 29.1 Å². The first-order valence-corrected chi connectivity index (χ1v) is 10.2. The topological polar surface area (TPSA) is 72.7 Å². The molecule has 27 heavy (non-hydrogen) atoms. The molecule has 136 valence electrons. The Bertz CT molecular complexity index is 1070. The minimum atomic E-state index is -0.103. The summed E-state index contributed by atoms with van der Waals surface area (Å²) >= 11 is 2.76. The van der Waals surface area contributed by atoms with E-state index in [9.17, 15) is 4.79 Å². The van der Waals surface area contributed by atoms with Crippen molar-refractivity contribution in [1.29, 1.82) is 0 Å². The lowest BCUT2D eigenvalue weighted by atomic mass is 10.0. The number of hydrogen-bond donors (Lipinski definition) is 1. The van der Waals surface area contributed by atoms with Crippen LogP contribution in [0.1, 0.15) is 11.4 Å². The fourth-order valence-corrected chi connectivity index (χ4v) is 4.09. The van der Waals surface area contributed by atoms with Crippen LogP contribution in [0.2, 0.25) is 0 Å². The highest BCUT2D eigenvalue weighted by Crippen LogP contribution is 2.23. The molecular weight excluding hydrogens is 378 g/mol. The number of amides is 1. The summed E-state index contributed by atoms with van der Waals surface area (Å²) in [4.78, 5) is 16.1. The van der Waals surface area contributed by atoms with Crippen molar-refractivity contribution in [3.05, 3.63) is 65.4 Å². The van der Waals surface area contributed by atoms with Gasteiger partial charge in [0.05, 0.1) is 5.75 Å². The summed E-state index contributed by atoms with van der Waals surface area (Å²) in [5.41, 5.74) is 1.21. The Kier molecular flexibility index (Phi) is 5.17. The number of fused-ring (bicyclic) bond motifs is 1. The largest absolute Gasteiger partial charge is 0.309 e. The van der Waals surface area contributed by atoms with Gasteiger partial charge >= 0.3 is 0 Å². The lowest BCUT2D eigenvalue weighted by Gasteiger charge is -2.07. The Balaban J connectivity index is 1.45. The number of anilines is 1. The standard InChI is InChI=1S/C19H17N5OS2/c1-24-16(11-14-7-4-6-13-5-2-3-8-15(13)14)22-23-19(24)27-12-17(25)21-18-20-9-10-26-18/h2-10H,11-12H2,1H3,(H,20,21,25). The van der Waals surface area contributed by atoms with Crippen molar-refractivity contribution < 1.29 is 4.79 Å². The molecule has 0 radical (unpaired) electrons. The maximum atomic E-state index is 12.0. The maximum Gasteiger partial charge on any atom is 0.236 e.